The largest absolute Gasteiger partial charge is 0.376 e. The zero-order valence-corrected chi connectivity index (χ0v) is 19.3. The van der Waals surface area contributed by atoms with Gasteiger partial charge >= 0.3 is 0 Å². The van der Waals surface area contributed by atoms with E-state index >= 15 is 0 Å². The summed E-state index contributed by atoms with van der Waals surface area (Å²) in [6, 6.07) is 13.0. The Morgan fingerprint density at radius 3 is 2.68 bits per heavy atom. The van der Waals surface area contributed by atoms with E-state index in [0.717, 1.165) is 34.2 Å². The second kappa shape index (κ2) is 9.06. The van der Waals surface area contributed by atoms with Crippen molar-refractivity contribution in [1.82, 2.24) is 4.98 Å². The van der Waals surface area contributed by atoms with Crippen molar-refractivity contribution in [2.24, 2.45) is 0 Å². The van der Waals surface area contributed by atoms with Crippen molar-refractivity contribution >= 4 is 42.4 Å². The Kier molecular flexibility index (Phi) is 6.41. The first-order chi connectivity index (χ1) is 14.8. The van der Waals surface area contributed by atoms with E-state index in [2.05, 4.69) is 0 Å². The number of rotatable bonds is 7. The number of ether oxygens (including phenoxy) is 1. The molecule has 2 heterocycles. The van der Waals surface area contributed by atoms with Crippen LogP contribution < -0.4 is 4.90 Å². The number of carbonyl (C=O) groups excluding carboxylic acids is 1. The lowest BCUT2D eigenvalue weighted by atomic mass is 10.1. The highest BCUT2D eigenvalue weighted by atomic mass is 32.2. The van der Waals surface area contributed by atoms with Crippen LogP contribution in [0.3, 0.4) is 0 Å². The lowest BCUT2D eigenvalue weighted by Gasteiger charge is -2.23. The van der Waals surface area contributed by atoms with Crippen molar-refractivity contribution in [2.45, 2.75) is 38.5 Å². The van der Waals surface area contributed by atoms with E-state index in [1.807, 2.05) is 32.0 Å². The van der Waals surface area contributed by atoms with Crippen LogP contribution in [0.5, 0.6) is 0 Å². The number of fused-ring (bicyclic) bond motifs is 1. The summed E-state index contributed by atoms with van der Waals surface area (Å²) in [6.07, 6.45) is 1.69. The van der Waals surface area contributed by atoms with E-state index in [0.29, 0.717) is 23.8 Å². The van der Waals surface area contributed by atoms with Crippen LogP contribution in [-0.4, -0.2) is 44.3 Å². The van der Waals surface area contributed by atoms with Gasteiger partial charge in [-0.1, -0.05) is 47.7 Å². The fourth-order valence-corrected chi connectivity index (χ4v) is 6.14. The number of benzene rings is 2. The molecule has 1 amide bonds. The van der Waals surface area contributed by atoms with Gasteiger partial charge in [0.05, 0.1) is 28.6 Å². The van der Waals surface area contributed by atoms with E-state index in [1.54, 1.807) is 24.3 Å². The molecule has 8 heteroatoms. The molecule has 0 spiro atoms. The summed E-state index contributed by atoms with van der Waals surface area (Å²) in [5.74, 6) is -1.17. The van der Waals surface area contributed by atoms with Gasteiger partial charge in [0.2, 0.25) is 5.91 Å². The minimum absolute atomic E-state index is 0.101. The smallest absolute Gasteiger partial charge is 0.244 e. The predicted octanol–water partition coefficient (Wildman–Crippen LogP) is 4.04. The van der Waals surface area contributed by atoms with E-state index in [-0.39, 0.29) is 11.9 Å². The zero-order valence-electron chi connectivity index (χ0n) is 17.7. The number of hydrogen-bond acceptors (Lipinski definition) is 6. The summed E-state index contributed by atoms with van der Waals surface area (Å²) in [6.45, 7) is 5.02. The Balaban J connectivity index is 1.61. The average Bonchev–Trinajstić information content (AvgIpc) is 3.39. The molecule has 1 fully saturated rings. The average molecular weight is 459 g/mol. The predicted molar refractivity (Wildman–Crippen MR) is 124 cm³/mol. The molecule has 1 aliphatic rings. The van der Waals surface area contributed by atoms with E-state index in [4.69, 9.17) is 9.72 Å². The SMILES string of the molecule is Cc1ccc2sc(N(CC3CCCO3)C(=O)CS(=O)(=O)Cc3ccccc3)nc2c1C. The number of aromatic nitrogens is 1. The maximum absolute atomic E-state index is 13.2. The summed E-state index contributed by atoms with van der Waals surface area (Å²) in [5.41, 5.74) is 3.73. The summed E-state index contributed by atoms with van der Waals surface area (Å²) >= 11 is 1.41. The normalized spacial score (nSPS) is 16.6. The molecule has 0 aliphatic carbocycles. The fourth-order valence-electron chi connectivity index (χ4n) is 3.75. The molecule has 0 saturated carbocycles. The van der Waals surface area contributed by atoms with Crippen molar-refractivity contribution in [2.75, 3.05) is 23.8 Å². The maximum atomic E-state index is 13.2. The van der Waals surface area contributed by atoms with Crippen LogP contribution in [0.2, 0.25) is 0 Å². The fraction of sp³-hybridized carbons (Fsp3) is 0.391. The standard InChI is InChI=1S/C23H26N2O4S2/c1-16-10-11-20-22(17(16)2)24-23(30-20)25(13-19-9-6-12-29-19)21(26)15-31(27,28)14-18-7-4-3-5-8-18/h3-5,7-8,10-11,19H,6,9,12-15H2,1-2H3. The highest BCUT2D eigenvalue weighted by Gasteiger charge is 2.29. The van der Waals surface area contributed by atoms with Gasteiger partial charge < -0.3 is 4.74 Å². The van der Waals surface area contributed by atoms with E-state index < -0.39 is 21.5 Å². The van der Waals surface area contributed by atoms with Gasteiger partial charge in [-0.2, -0.15) is 0 Å². The van der Waals surface area contributed by atoms with Gasteiger partial charge in [-0.25, -0.2) is 13.4 Å². The highest BCUT2D eigenvalue weighted by Crippen LogP contribution is 2.33. The third kappa shape index (κ3) is 5.14. The number of aryl methyl sites for hydroxylation is 2. The van der Waals surface area contributed by atoms with Crippen LogP contribution in [0.15, 0.2) is 42.5 Å². The topological polar surface area (TPSA) is 76.6 Å². The van der Waals surface area contributed by atoms with Gasteiger partial charge in [0.1, 0.15) is 5.75 Å². The Hall–Kier alpha value is -2.29. The van der Waals surface area contributed by atoms with Gasteiger partial charge in [-0.15, -0.1) is 0 Å². The Bertz CT molecular complexity index is 1180. The summed E-state index contributed by atoms with van der Waals surface area (Å²) in [7, 11) is -3.62. The Labute approximate surface area is 186 Å². The molecule has 0 radical (unpaired) electrons. The van der Waals surface area contributed by atoms with Crippen LogP contribution in [0.25, 0.3) is 10.2 Å². The molecule has 1 aliphatic heterocycles. The molecule has 1 aromatic heterocycles. The third-order valence-electron chi connectivity index (χ3n) is 5.59. The second-order valence-corrected chi connectivity index (χ2v) is 11.1. The summed E-state index contributed by atoms with van der Waals surface area (Å²) in [4.78, 5) is 19.5. The Morgan fingerprint density at radius 2 is 1.97 bits per heavy atom. The molecule has 6 nitrogen and oxygen atoms in total. The number of carbonyl (C=O) groups is 1. The molecular formula is C23H26N2O4S2. The van der Waals surface area contributed by atoms with Crippen LogP contribution >= 0.6 is 11.3 Å². The van der Waals surface area contributed by atoms with Crippen LogP contribution in [0.1, 0.15) is 29.5 Å². The molecule has 1 unspecified atom stereocenters. The number of amides is 1. The third-order valence-corrected chi connectivity index (χ3v) is 8.09. The van der Waals surface area contributed by atoms with Crippen LogP contribution in [0, 0.1) is 13.8 Å². The van der Waals surface area contributed by atoms with Crippen LogP contribution in [0.4, 0.5) is 5.13 Å². The first kappa shape index (κ1) is 21.9. The minimum atomic E-state index is -3.62. The maximum Gasteiger partial charge on any atom is 0.244 e. The number of nitrogens with zero attached hydrogens (tertiary/aromatic N) is 2. The molecule has 0 bridgehead atoms. The van der Waals surface area contributed by atoms with Gasteiger partial charge in [0.25, 0.3) is 0 Å². The molecule has 0 N–H and O–H groups in total. The molecule has 3 aromatic rings. The van der Waals surface area contributed by atoms with E-state index in [9.17, 15) is 13.2 Å². The molecule has 2 aromatic carbocycles. The second-order valence-electron chi connectivity index (χ2n) is 8.01. The quantitative estimate of drug-likeness (QED) is 0.534. The highest BCUT2D eigenvalue weighted by molar-refractivity contribution is 7.91. The molecule has 164 valence electrons. The van der Waals surface area contributed by atoms with Gasteiger partial charge in [-0.05, 0) is 49.4 Å². The molecular weight excluding hydrogens is 432 g/mol. The van der Waals surface area contributed by atoms with Crippen molar-refractivity contribution in [1.29, 1.82) is 0 Å². The molecule has 4 rings (SSSR count). The number of sulfone groups is 1. The first-order valence-corrected chi connectivity index (χ1v) is 13.0. The van der Waals surface area contributed by atoms with Gasteiger partial charge in [0.15, 0.2) is 15.0 Å². The van der Waals surface area contributed by atoms with Crippen molar-refractivity contribution in [3.8, 4) is 0 Å². The Morgan fingerprint density at radius 1 is 1.19 bits per heavy atom. The summed E-state index contributed by atoms with van der Waals surface area (Å²) in [5, 5.41) is 0.527. The first-order valence-electron chi connectivity index (χ1n) is 10.4. The van der Waals surface area contributed by atoms with Gasteiger partial charge in [0, 0.05) is 6.61 Å². The van der Waals surface area contributed by atoms with E-state index in [1.165, 1.54) is 16.2 Å². The number of anilines is 1. The summed E-state index contributed by atoms with van der Waals surface area (Å²) < 4.78 is 32.2. The lowest BCUT2D eigenvalue weighted by Crippen LogP contribution is -2.41. The van der Waals surface area contributed by atoms with Crippen LogP contribution in [-0.2, 0) is 25.1 Å². The molecule has 1 atom stereocenters. The molecule has 1 saturated heterocycles. The lowest BCUT2D eigenvalue weighted by molar-refractivity contribution is -0.116. The van der Waals surface area contributed by atoms with Crippen molar-refractivity contribution in [3.63, 3.8) is 0 Å². The monoisotopic (exact) mass is 458 g/mol. The minimum Gasteiger partial charge on any atom is -0.376 e. The number of thiazole rings is 1. The number of hydrogen-bond donors (Lipinski definition) is 0. The van der Waals surface area contributed by atoms with Crippen molar-refractivity contribution in [3.05, 3.63) is 59.2 Å². The van der Waals surface area contributed by atoms with Gasteiger partial charge in [-0.3, -0.25) is 9.69 Å². The zero-order chi connectivity index (χ0) is 22.0. The van der Waals surface area contributed by atoms with Crippen molar-refractivity contribution < 1.29 is 17.9 Å². The molecule has 31 heavy (non-hydrogen) atoms.